The van der Waals surface area contributed by atoms with Gasteiger partial charge in [0.15, 0.2) is 11.6 Å². The van der Waals surface area contributed by atoms with Crippen molar-refractivity contribution in [2.75, 3.05) is 7.11 Å². The highest BCUT2D eigenvalue weighted by Gasteiger charge is 2.22. The largest absolute Gasteiger partial charge is 0.494 e. The molecule has 1 aromatic rings. The fourth-order valence-corrected chi connectivity index (χ4v) is 2.76. The molecule has 0 radical (unpaired) electrons. The number of aryl methyl sites for hydroxylation is 1. The Hall–Kier alpha value is -1.09. The number of aliphatic hydroxyl groups excluding tert-OH is 1. The molecule has 2 rings (SSSR count). The van der Waals surface area contributed by atoms with E-state index in [4.69, 9.17) is 4.74 Å². The summed E-state index contributed by atoms with van der Waals surface area (Å²) in [6, 6.07) is 5.01. The Morgan fingerprint density at radius 2 is 2.11 bits per heavy atom. The van der Waals surface area contributed by atoms with E-state index in [1.807, 2.05) is 6.07 Å². The Morgan fingerprint density at radius 1 is 1.39 bits per heavy atom. The molecule has 1 aliphatic carbocycles. The Bertz CT molecular complexity index is 386. The van der Waals surface area contributed by atoms with Gasteiger partial charge in [0.1, 0.15) is 0 Å². The predicted octanol–water partition coefficient (Wildman–Crippen LogP) is 3.32. The zero-order valence-corrected chi connectivity index (χ0v) is 10.9. The number of hydrogen-bond acceptors (Lipinski definition) is 2. The number of methoxy groups -OCH3 is 1. The summed E-state index contributed by atoms with van der Waals surface area (Å²) in [5.41, 5.74) is 0.922. The molecule has 1 aliphatic rings. The van der Waals surface area contributed by atoms with Crippen molar-refractivity contribution < 1.29 is 14.2 Å². The van der Waals surface area contributed by atoms with Crippen LogP contribution in [0.4, 0.5) is 4.39 Å². The van der Waals surface area contributed by atoms with Gasteiger partial charge in [-0.05, 0) is 49.3 Å². The van der Waals surface area contributed by atoms with Crippen LogP contribution in [-0.4, -0.2) is 18.3 Å². The Balaban J connectivity index is 1.87. The van der Waals surface area contributed by atoms with Gasteiger partial charge in [-0.3, -0.25) is 0 Å². The Labute approximate surface area is 108 Å². The summed E-state index contributed by atoms with van der Waals surface area (Å²) >= 11 is 0. The highest BCUT2D eigenvalue weighted by Crippen LogP contribution is 2.29. The van der Waals surface area contributed by atoms with Crippen LogP contribution in [0.15, 0.2) is 18.2 Å². The fraction of sp³-hybridized carbons (Fsp3) is 0.600. The number of halogens is 1. The van der Waals surface area contributed by atoms with Gasteiger partial charge in [0.25, 0.3) is 0 Å². The maximum Gasteiger partial charge on any atom is 0.165 e. The van der Waals surface area contributed by atoms with Crippen LogP contribution in [0.5, 0.6) is 5.75 Å². The maximum atomic E-state index is 13.5. The average molecular weight is 252 g/mol. The van der Waals surface area contributed by atoms with Crippen molar-refractivity contribution in [3.05, 3.63) is 29.6 Å². The summed E-state index contributed by atoms with van der Waals surface area (Å²) in [6.45, 7) is 0. The van der Waals surface area contributed by atoms with Gasteiger partial charge in [-0.25, -0.2) is 4.39 Å². The van der Waals surface area contributed by atoms with Crippen molar-refractivity contribution in [1.29, 1.82) is 0 Å². The maximum absolute atomic E-state index is 13.5. The summed E-state index contributed by atoms with van der Waals surface area (Å²) in [6.07, 6.45) is 5.95. The summed E-state index contributed by atoms with van der Waals surface area (Å²) in [4.78, 5) is 0. The van der Waals surface area contributed by atoms with Crippen LogP contribution >= 0.6 is 0 Å². The molecule has 100 valence electrons. The molecule has 0 heterocycles. The Morgan fingerprint density at radius 3 is 2.72 bits per heavy atom. The number of hydrogen-bond donors (Lipinski definition) is 1. The monoisotopic (exact) mass is 252 g/mol. The summed E-state index contributed by atoms with van der Waals surface area (Å²) in [5, 5.41) is 10.1. The van der Waals surface area contributed by atoms with Crippen molar-refractivity contribution in [2.24, 2.45) is 5.92 Å². The Kier molecular flexibility index (Phi) is 4.59. The first kappa shape index (κ1) is 13.3. The molecule has 0 spiro atoms. The van der Waals surface area contributed by atoms with E-state index in [9.17, 15) is 9.50 Å². The van der Waals surface area contributed by atoms with E-state index in [1.54, 1.807) is 6.07 Å². The lowest BCUT2D eigenvalue weighted by Gasteiger charge is -2.17. The third kappa shape index (κ3) is 3.22. The highest BCUT2D eigenvalue weighted by atomic mass is 19.1. The van der Waals surface area contributed by atoms with Gasteiger partial charge < -0.3 is 9.84 Å². The van der Waals surface area contributed by atoms with Crippen LogP contribution in [0, 0.1) is 11.7 Å². The molecule has 1 saturated carbocycles. The molecular weight excluding hydrogens is 231 g/mol. The predicted molar refractivity (Wildman–Crippen MR) is 69.2 cm³/mol. The minimum Gasteiger partial charge on any atom is -0.494 e. The lowest BCUT2D eigenvalue weighted by atomic mass is 9.95. The van der Waals surface area contributed by atoms with Gasteiger partial charge >= 0.3 is 0 Å². The van der Waals surface area contributed by atoms with E-state index in [0.717, 1.165) is 31.2 Å². The standard InChI is InChI=1S/C15H21FO2/c1-18-15-9-7-11(10-13(15)16)6-8-14(17)12-4-2-3-5-12/h7,9-10,12,14,17H,2-6,8H2,1H3. The molecule has 0 aromatic heterocycles. The molecule has 0 saturated heterocycles. The molecule has 2 nitrogen and oxygen atoms in total. The number of benzene rings is 1. The summed E-state index contributed by atoms with van der Waals surface area (Å²) in [7, 11) is 1.46. The number of ether oxygens (including phenoxy) is 1. The van der Waals surface area contributed by atoms with E-state index in [2.05, 4.69) is 0 Å². The molecule has 1 unspecified atom stereocenters. The van der Waals surface area contributed by atoms with Gasteiger partial charge in [-0.15, -0.1) is 0 Å². The van der Waals surface area contributed by atoms with E-state index >= 15 is 0 Å². The van der Waals surface area contributed by atoms with Crippen LogP contribution < -0.4 is 4.74 Å². The molecule has 3 heteroatoms. The molecule has 18 heavy (non-hydrogen) atoms. The SMILES string of the molecule is COc1ccc(CCC(O)C2CCCC2)cc1F. The molecular formula is C15H21FO2. The summed E-state index contributed by atoms with van der Waals surface area (Å²) in [5.74, 6) is 0.397. The van der Waals surface area contributed by atoms with Gasteiger partial charge in [-0.2, -0.15) is 0 Å². The second kappa shape index (κ2) is 6.19. The van der Waals surface area contributed by atoms with Gasteiger partial charge in [-0.1, -0.05) is 18.9 Å². The molecule has 1 atom stereocenters. The van der Waals surface area contributed by atoms with Gasteiger partial charge in [0.2, 0.25) is 0 Å². The van der Waals surface area contributed by atoms with E-state index in [-0.39, 0.29) is 17.7 Å². The lowest BCUT2D eigenvalue weighted by molar-refractivity contribution is 0.102. The average Bonchev–Trinajstić information content (AvgIpc) is 2.90. The van der Waals surface area contributed by atoms with Crippen molar-refractivity contribution in [3.8, 4) is 5.75 Å². The molecule has 0 aliphatic heterocycles. The first-order valence-corrected chi connectivity index (χ1v) is 6.71. The minimum absolute atomic E-state index is 0.238. The van der Waals surface area contributed by atoms with Crippen molar-refractivity contribution >= 4 is 0 Å². The first-order valence-electron chi connectivity index (χ1n) is 6.71. The van der Waals surface area contributed by atoms with E-state index < -0.39 is 0 Å². The van der Waals surface area contributed by atoms with Crippen LogP contribution in [0.25, 0.3) is 0 Å². The molecule has 0 amide bonds. The molecule has 1 N–H and O–H groups in total. The highest BCUT2D eigenvalue weighted by molar-refractivity contribution is 5.29. The van der Waals surface area contributed by atoms with Crippen molar-refractivity contribution in [1.82, 2.24) is 0 Å². The smallest absolute Gasteiger partial charge is 0.165 e. The normalized spacial score (nSPS) is 17.9. The van der Waals surface area contributed by atoms with Crippen LogP contribution in [0.1, 0.15) is 37.7 Å². The first-order chi connectivity index (χ1) is 8.70. The van der Waals surface area contributed by atoms with Crippen molar-refractivity contribution in [3.63, 3.8) is 0 Å². The van der Waals surface area contributed by atoms with E-state index in [0.29, 0.717) is 5.92 Å². The zero-order valence-electron chi connectivity index (χ0n) is 10.9. The van der Waals surface area contributed by atoms with Crippen LogP contribution in [0.2, 0.25) is 0 Å². The van der Waals surface area contributed by atoms with Crippen LogP contribution in [0.3, 0.4) is 0 Å². The molecule has 0 bridgehead atoms. The van der Waals surface area contributed by atoms with Gasteiger partial charge in [0, 0.05) is 0 Å². The fourth-order valence-electron chi connectivity index (χ4n) is 2.76. The summed E-state index contributed by atoms with van der Waals surface area (Å²) < 4.78 is 18.4. The van der Waals surface area contributed by atoms with Crippen LogP contribution in [-0.2, 0) is 6.42 Å². The van der Waals surface area contributed by atoms with Crippen molar-refractivity contribution in [2.45, 2.75) is 44.6 Å². The van der Waals surface area contributed by atoms with E-state index in [1.165, 1.54) is 26.0 Å². The second-order valence-corrected chi connectivity index (χ2v) is 5.12. The lowest BCUT2D eigenvalue weighted by Crippen LogP contribution is -2.18. The molecule has 1 aromatic carbocycles. The second-order valence-electron chi connectivity index (χ2n) is 5.12. The number of aliphatic hydroxyl groups is 1. The quantitative estimate of drug-likeness (QED) is 0.871. The molecule has 1 fully saturated rings. The topological polar surface area (TPSA) is 29.5 Å². The third-order valence-corrected chi connectivity index (χ3v) is 3.89. The van der Waals surface area contributed by atoms with Gasteiger partial charge in [0.05, 0.1) is 13.2 Å². The zero-order chi connectivity index (χ0) is 13.0. The number of rotatable bonds is 5. The third-order valence-electron chi connectivity index (χ3n) is 3.89. The minimum atomic E-state index is -0.328.